The summed E-state index contributed by atoms with van der Waals surface area (Å²) in [5.74, 6) is 0.199. The van der Waals surface area contributed by atoms with Crippen LogP contribution in [0.3, 0.4) is 0 Å². The molecule has 23 heavy (non-hydrogen) atoms. The number of allylic oxidation sites excluding steroid dienone is 2. The summed E-state index contributed by atoms with van der Waals surface area (Å²) in [4.78, 5) is 17.3. The number of benzene rings is 1. The third-order valence-corrected chi connectivity index (χ3v) is 4.38. The molecule has 0 atom stereocenters. The Morgan fingerprint density at radius 3 is 2.52 bits per heavy atom. The first kappa shape index (κ1) is 17.5. The lowest BCUT2D eigenvalue weighted by Crippen LogP contribution is -2.32. The molecule has 0 unspecified atom stereocenters. The van der Waals surface area contributed by atoms with Gasteiger partial charge in [0.15, 0.2) is 5.78 Å². The number of aliphatic imine (C=N–C) groups is 1. The van der Waals surface area contributed by atoms with Crippen LogP contribution in [0.1, 0.15) is 57.6 Å². The molecule has 1 saturated carbocycles. The van der Waals surface area contributed by atoms with E-state index < -0.39 is 0 Å². The first-order valence-corrected chi connectivity index (χ1v) is 8.34. The Bertz CT molecular complexity index is 681. The average Bonchev–Trinajstić information content (AvgIpc) is 2.41. The van der Waals surface area contributed by atoms with Gasteiger partial charge in [0.1, 0.15) is 5.76 Å². The Hall–Kier alpha value is -1.90. The molecule has 0 radical (unpaired) electrons. The molecule has 1 aliphatic carbocycles. The second-order valence-corrected chi connectivity index (χ2v) is 7.34. The van der Waals surface area contributed by atoms with E-state index in [1.165, 1.54) is 11.1 Å². The summed E-state index contributed by atoms with van der Waals surface area (Å²) in [5.41, 5.74) is 4.29. The number of nitrogens with zero attached hydrogens (tertiary/aromatic N) is 1. The van der Waals surface area contributed by atoms with Crippen molar-refractivity contribution < 1.29 is 9.90 Å². The highest BCUT2D eigenvalue weighted by Gasteiger charge is 2.36. The molecule has 1 fully saturated rings. The zero-order valence-corrected chi connectivity index (χ0v) is 14.9. The van der Waals surface area contributed by atoms with Gasteiger partial charge in [0.05, 0.1) is 17.0 Å². The number of Topliss-reactive ketones (excluding diaryl/α,β-unsaturated/α-hetero) is 1. The van der Waals surface area contributed by atoms with E-state index in [2.05, 4.69) is 27.7 Å². The maximum absolute atomic E-state index is 12.5. The number of hydrogen-bond donors (Lipinski definition) is 1. The molecular weight excluding hydrogens is 286 g/mol. The fourth-order valence-corrected chi connectivity index (χ4v) is 3.02. The zero-order chi connectivity index (χ0) is 17.2. The van der Waals surface area contributed by atoms with E-state index in [-0.39, 0.29) is 17.0 Å². The molecular formula is C20H27NO2. The standard InChI is InChI=1S/C20H27NO2/c1-6-7-17(22)19-16(11-20(4,5)12-18(19)23)21-15-9-8-13(2)14(3)10-15/h8-10,22H,6-7,11-12H2,1-5H3. The van der Waals surface area contributed by atoms with Gasteiger partial charge in [0.2, 0.25) is 0 Å². The topological polar surface area (TPSA) is 49.7 Å². The predicted octanol–water partition coefficient (Wildman–Crippen LogP) is 5.38. The summed E-state index contributed by atoms with van der Waals surface area (Å²) in [6, 6.07) is 6.04. The quantitative estimate of drug-likeness (QED) is 0.602. The zero-order valence-electron chi connectivity index (χ0n) is 14.9. The van der Waals surface area contributed by atoms with Crippen LogP contribution in [0, 0.1) is 19.3 Å². The van der Waals surface area contributed by atoms with Crippen LogP contribution in [-0.2, 0) is 4.79 Å². The van der Waals surface area contributed by atoms with E-state index in [0.29, 0.717) is 24.8 Å². The van der Waals surface area contributed by atoms with Crippen LogP contribution in [0.5, 0.6) is 0 Å². The number of aliphatic hydroxyl groups excluding tert-OH is 1. The van der Waals surface area contributed by atoms with Gasteiger partial charge in [-0.25, -0.2) is 0 Å². The highest BCUT2D eigenvalue weighted by Crippen LogP contribution is 2.37. The molecule has 0 amide bonds. The van der Waals surface area contributed by atoms with Crippen molar-refractivity contribution in [3.05, 3.63) is 40.7 Å². The third kappa shape index (κ3) is 4.10. The van der Waals surface area contributed by atoms with E-state index in [1.54, 1.807) is 0 Å². The lowest BCUT2D eigenvalue weighted by atomic mass is 9.73. The minimum atomic E-state index is -0.119. The van der Waals surface area contributed by atoms with Crippen LogP contribution in [0.25, 0.3) is 0 Å². The fourth-order valence-electron chi connectivity index (χ4n) is 3.02. The number of ketones is 1. The SMILES string of the molecule is CCCC(O)=C1C(=O)CC(C)(C)CC1=Nc1ccc(C)c(C)c1. The van der Waals surface area contributed by atoms with Gasteiger partial charge in [-0.05, 0) is 55.4 Å². The van der Waals surface area contributed by atoms with Crippen molar-refractivity contribution in [1.29, 1.82) is 0 Å². The summed E-state index contributed by atoms with van der Waals surface area (Å²) >= 11 is 0. The highest BCUT2D eigenvalue weighted by molar-refractivity contribution is 6.25. The van der Waals surface area contributed by atoms with Gasteiger partial charge in [-0.2, -0.15) is 0 Å². The third-order valence-electron chi connectivity index (χ3n) is 4.38. The van der Waals surface area contributed by atoms with Crippen molar-refractivity contribution in [3.8, 4) is 0 Å². The molecule has 0 spiro atoms. The summed E-state index contributed by atoms with van der Waals surface area (Å²) in [6.07, 6.45) is 2.49. The van der Waals surface area contributed by atoms with Crippen molar-refractivity contribution in [2.24, 2.45) is 10.4 Å². The fraction of sp³-hybridized carbons (Fsp3) is 0.500. The number of aliphatic hydroxyl groups is 1. The van der Waals surface area contributed by atoms with Crippen molar-refractivity contribution >= 4 is 17.2 Å². The molecule has 1 N–H and O–H groups in total. The summed E-state index contributed by atoms with van der Waals surface area (Å²) in [6.45, 7) is 10.3. The highest BCUT2D eigenvalue weighted by atomic mass is 16.3. The van der Waals surface area contributed by atoms with Crippen molar-refractivity contribution in [1.82, 2.24) is 0 Å². The smallest absolute Gasteiger partial charge is 0.168 e. The summed E-state index contributed by atoms with van der Waals surface area (Å²) in [7, 11) is 0. The predicted molar refractivity (Wildman–Crippen MR) is 95.6 cm³/mol. The monoisotopic (exact) mass is 313 g/mol. The van der Waals surface area contributed by atoms with Crippen LogP contribution in [0.15, 0.2) is 34.5 Å². The molecule has 124 valence electrons. The Labute approximate surface area is 139 Å². The van der Waals surface area contributed by atoms with Gasteiger partial charge in [-0.3, -0.25) is 9.79 Å². The lowest BCUT2D eigenvalue weighted by Gasteiger charge is -2.31. The van der Waals surface area contributed by atoms with Gasteiger partial charge >= 0.3 is 0 Å². The maximum Gasteiger partial charge on any atom is 0.168 e. The molecule has 0 aliphatic heterocycles. The minimum absolute atomic E-state index is 0.00906. The lowest BCUT2D eigenvalue weighted by molar-refractivity contribution is -0.117. The van der Waals surface area contributed by atoms with Crippen LogP contribution in [-0.4, -0.2) is 16.6 Å². The van der Waals surface area contributed by atoms with E-state index in [9.17, 15) is 9.90 Å². The van der Waals surface area contributed by atoms with Gasteiger partial charge in [0.25, 0.3) is 0 Å². The summed E-state index contributed by atoms with van der Waals surface area (Å²) in [5, 5.41) is 10.3. The molecule has 0 aromatic heterocycles. The number of carbonyl (C=O) groups is 1. The van der Waals surface area contributed by atoms with E-state index in [0.717, 1.165) is 17.8 Å². The molecule has 1 aromatic carbocycles. The molecule has 3 nitrogen and oxygen atoms in total. The van der Waals surface area contributed by atoms with Crippen LogP contribution < -0.4 is 0 Å². The first-order valence-electron chi connectivity index (χ1n) is 8.34. The van der Waals surface area contributed by atoms with Crippen molar-refractivity contribution in [2.75, 3.05) is 0 Å². The van der Waals surface area contributed by atoms with Gasteiger partial charge in [-0.15, -0.1) is 0 Å². The molecule has 1 aliphatic rings. The Morgan fingerprint density at radius 2 is 1.91 bits per heavy atom. The number of aryl methyl sites for hydroxylation is 2. The average molecular weight is 313 g/mol. The second-order valence-electron chi connectivity index (χ2n) is 7.34. The van der Waals surface area contributed by atoms with Crippen molar-refractivity contribution in [3.63, 3.8) is 0 Å². The Kier molecular flexibility index (Phi) is 5.08. The molecule has 0 heterocycles. The Morgan fingerprint density at radius 1 is 1.22 bits per heavy atom. The van der Waals surface area contributed by atoms with Gasteiger partial charge in [0, 0.05) is 12.8 Å². The number of hydrogen-bond acceptors (Lipinski definition) is 3. The van der Waals surface area contributed by atoms with Crippen LogP contribution in [0.2, 0.25) is 0 Å². The maximum atomic E-state index is 12.5. The van der Waals surface area contributed by atoms with E-state index in [1.807, 2.05) is 25.1 Å². The van der Waals surface area contributed by atoms with Crippen LogP contribution in [0.4, 0.5) is 5.69 Å². The second kappa shape index (κ2) is 6.69. The normalized spacial score (nSPS) is 21.6. The molecule has 2 rings (SSSR count). The molecule has 0 bridgehead atoms. The van der Waals surface area contributed by atoms with E-state index >= 15 is 0 Å². The molecule has 3 heteroatoms. The molecule has 1 aromatic rings. The molecule has 0 saturated heterocycles. The number of rotatable bonds is 3. The minimum Gasteiger partial charge on any atom is -0.511 e. The van der Waals surface area contributed by atoms with Crippen LogP contribution >= 0.6 is 0 Å². The van der Waals surface area contributed by atoms with Gasteiger partial charge in [-0.1, -0.05) is 26.8 Å². The first-order chi connectivity index (χ1) is 10.7. The Balaban J connectivity index is 2.52. The largest absolute Gasteiger partial charge is 0.511 e. The summed E-state index contributed by atoms with van der Waals surface area (Å²) < 4.78 is 0. The van der Waals surface area contributed by atoms with Gasteiger partial charge < -0.3 is 5.11 Å². The number of carbonyl (C=O) groups excluding carboxylic acids is 1. The van der Waals surface area contributed by atoms with E-state index in [4.69, 9.17) is 4.99 Å². The van der Waals surface area contributed by atoms with Crippen molar-refractivity contribution in [2.45, 2.75) is 60.3 Å².